The molecule has 0 aromatic heterocycles. The Morgan fingerprint density at radius 2 is 1.80 bits per heavy atom. The highest BCUT2D eigenvalue weighted by Gasteiger charge is 2.35. The van der Waals surface area contributed by atoms with Gasteiger partial charge in [0, 0.05) is 31.1 Å². The monoisotopic (exact) mass is 278 g/mol. The molecule has 2 atom stereocenters. The number of rotatable bonds is 4. The summed E-state index contributed by atoms with van der Waals surface area (Å²) in [6.45, 7) is 4.29. The van der Waals surface area contributed by atoms with Gasteiger partial charge in [-0.1, -0.05) is 26.2 Å². The first-order valence-corrected chi connectivity index (χ1v) is 8.81. The molecule has 1 N–H and O–H groups in total. The minimum atomic E-state index is 0.392. The molecular weight excluding hydrogens is 248 g/mol. The Labute approximate surface area is 123 Å². The fourth-order valence-electron chi connectivity index (χ4n) is 4.00. The van der Waals surface area contributed by atoms with Gasteiger partial charge in [0.2, 0.25) is 5.91 Å². The molecule has 3 aliphatic rings. The van der Waals surface area contributed by atoms with Crippen molar-refractivity contribution in [3.8, 4) is 0 Å². The van der Waals surface area contributed by atoms with E-state index in [1.165, 1.54) is 32.1 Å². The van der Waals surface area contributed by atoms with Crippen LogP contribution in [-0.4, -0.2) is 36.0 Å². The van der Waals surface area contributed by atoms with Gasteiger partial charge in [-0.2, -0.15) is 0 Å². The summed E-state index contributed by atoms with van der Waals surface area (Å²) in [5.41, 5.74) is 0. The van der Waals surface area contributed by atoms with Crippen molar-refractivity contribution in [2.45, 2.75) is 76.8 Å². The van der Waals surface area contributed by atoms with Crippen LogP contribution in [0.4, 0.5) is 0 Å². The maximum Gasteiger partial charge on any atom is 0.225 e. The molecule has 3 rings (SSSR count). The average molecular weight is 278 g/mol. The van der Waals surface area contributed by atoms with Crippen molar-refractivity contribution in [1.29, 1.82) is 0 Å². The third-order valence-corrected chi connectivity index (χ3v) is 5.56. The van der Waals surface area contributed by atoms with Gasteiger partial charge >= 0.3 is 0 Å². The summed E-state index contributed by atoms with van der Waals surface area (Å²) in [6, 6.07) is 1.39. The van der Waals surface area contributed by atoms with Crippen LogP contribution in [0.5, 0.6) is 0 Å². The number of carbonyl (C=O) groups excluding carboxylic acids is 1. The second-order valence-corrected chi connectivity index (χ2v) is 7.18. The molecule has 2 unspecified atom stereocenters. The molecule has 20 heavy (non-hydrogen) atoms. The summed E-state index contributed by atoms with van der Waals surface area (Å²) in [7, 11) is 0. The van der Waals surface area contributed by atoms with Crippen LogP contribution in [0.1, 0.15) is 64.7 Å². The first-order valence-electron chi connectivity index (χ1n) is 8.81. The van der Waals surface area contributed by atoms with Crippen LogP contribution < -0.4 is 5.32 Å². The van der Waals surface area contributed by atoms with E-state index in [2.05, 4.69) is 17.1 Å². The van der Waals surface area contributed by atoms with E-state index in [1.807, 2.05) is 0 Å². The van der Waals surface area contributed by atoms with E-state index in [9.17, 15) is 4.79 Å². The Hall–Kier alpha value is -0.570. The largest absolute Gasteiger partial charge is 0.342 e. The summed E-state index contributed by atoms with van der Waals surface area (Å²) in [5, 5.41) is 3.89. The van der Waals surface area contributed by atoms with E-state index in [1.54, 1.807) is 0 Å². The number of hydrogen-bond acceptors (Lipinski definition) is 2. The summed E-state index contributed by atoms with van der Waals surface area (Å²) < 4.78 is 0. The molecule has 2 saturated carbocycles. The third kappa shape index (κ3) is 3.55. The standard InChI is InChI=1S/C17H30N2O/c1-2-13-4-3-5-16(12-13)18-15-8-10-19(11-9-15)17(20)14-6-7-14/h13-16,18H,2-12H2,1H3. The van der Waals surface area contributed by atoms with Crippen LogP contribution in [0, 0.1) is 11.8 Å². The van der Waals surface area contributed by atoms with Gasteiger partial charge in [-0.05, 0) is 44.4 Å². The lowest BCUT2D eigenvalue weighted by atomic mass is 9.83. The second-order valence-electron chi connectivity index (χ2n) is 7.18. The third-order valence-electron chi connectivity index (χ3n) is 5.56. The fraction of sp³-hybridized carbons (Fsp3) is 0.941. The highest BCUT2D eigenvalue weighted by molar-refractivity contribution is 5.81. The average Bonchev–Trinajstić information content (AvgIpc) is 3.32. The summed E-state index contributed by atoms with van der Waals surface area (Å²) in [5.74, 6) is 1.77. The summed E-state index contributed by atoms with van der Waals surface area (Å²) >= 11 is 0. The fourth-order valence-corrected chi connectivity index (χ4v) is 4.00. The molecule has 114 valence electrons. The molecule has 0 aromatic rings. The second kappa shape index (κ2) is 6.46. The van der Waals surface area contributed by atoms with Crippen molar-refractivity contribution in [1.82, 2.24) is 10.2 Å². The first-order chi connectivity index (χ1) is 9.76. The van der Waals surface area contributed by atoms with E-state index >= 15 is 0 Å². The highest BCUT2D eigenvalue weighted by Crippen LogP contribution is 2.32. The molecule has 1 heterocycles. The van der Waals surface area contributed by atoms with Crippen molar-refractivity contribution < 1.29 is 4.79 Å². The lowest BCUT2D eigenvalue weighted by Gasteiger charge is -2.37. The predicted molar refractivity (Wildman–Crippen MR) is 81.5 cm³/mol. The molecule has 0 aromatic carbocycles. The van der Waals surface area contributed by atoms with E-state index in [0.717, 1.165) is 50.7 Å². The van der Waals surface area contributed by atoms with Crippen LogP contribution in [0.25, 0.3) is 0 Å². The molecule has 3 fully saturated rings. The normalized spacial score (nSPS) is 32.4. The van der Waals surface area contributed by atoms with Gasteiger partial charge < -0.3 is 10.2 Å². The van der Waals surface area contributed by atoms with Gasteiger partial charge in [-0.3, -0.25) is 4.79 Å². The first kappa shape index (κ1) is 14.4. The number of likely N-dealkylation sites (tertiary alicyclic amines) is 1. The number of carbonyl (C=O) groups is 1. The zero-order chi connectivity index (χ0) is 13.9. The number of nitrogens with one attached hydrogen (secondary N) is 1. The summed E-state index contributed by atoms with van der Waals surface area (Å²) in [6.07, 6.45) is 11.5. The molecule has 0 bridgehead atoms. The lowest BCUT2D eigenvalue weighted by molar-refractivity contribution is -0.133. The van der Waals surface area contributed by atoms with Crippen LogP contribution in [0.15, 0.2) is 0 Å². The van der Waals surface area contributed by atoms with Crippen LogP contribution in [-0.2, 0) is 4.79 Å². The smallest absolute Gasteiger partial charge is 0.225 e. The van der Waals surface area contributed by atoms with Gasteiger partial charge in [0.05, 0.1) is 0 Å². The summed E-state index contributed by atoms with van der Waals surface area (Å²) in [4.78, 5) is 14.2. The minimum absolute atomic E-state index is 0.392. The Kier molecular flexibility index (Phi) is 4.65. The zero-order valence-electron chi connectivity index (χ0n) is 12.9. The van der Waals surface area contributed by atoms with E-state index < -0.39 is 0 Å². The molecule has 1 aliphatic heterocycles. The quantitative estimate of drug-likeness (QED) is 0.857. The van der Waals surface area contributed by atoms with E-state index in [-0.39, 0.29) is 0 Å². The topological polar surface area (TPSA) is 32.3 Å². The number of nitrogens with zero attached hydrogens (tertiary/aromatic N) is 1. The van der Waals surface area contributed by atoms with Crippen LogP contribution in [0.3, 0.4) is 0 Å². The molecular formula is C17H30N2O. The van der Waals surface area contributed by atoms with Crippen molar-refractivity contribution in [3.05, 3.63) is 0 Å². The van der Waals surface area contributed by atoms with Crippen molar-refractivity contribution in [3.63, 3.8) is 0 Å². The van der Waals surface area contributed by atoms with Crippen molar-refractivity contribution in [2.24, 2.45) is 11.8 Å². The molecule has 3 heteroatoms. The predicted octanol–water partition coefficient (Wildman–Crippen LogP) is 2.95. The molecule has 2 aliphatic carbocycles. The molecule has 3 nitrogen and oxygen atoms in total. The lowest BCUT2D eigenvalue weighted by Crippen LogP contribution is -2.49. The zero-order valence-corrected chi connectivity index (χ0v) is 12.9. The van der Waals surface area contributed by atoms with E-state index in [4.69, 9.17) is 0 Å². The molecule has 1 saturated heterocycles. The van der Waals surface area contributed by atoms with Crippen molar-refractivity contribution in [2.75, 3.05) is 13.1 Å². The van der Waals surface area contributed by atoms with Gasteiger partial charge in [0.15, 0.2) is 0 Å². The minimum Gasteiger partial charge on any atom is -0.342 e. The number of piperidine rings is 1. The molecule has 1 amide bonds. The van der Waals surface area contributed by atoms with Gasteiger partial charge in [0.1, 0.15) is 0 Å². The van der Waals surface area contributed by atoms with Crippen LogP contribution >= 0.6 is 0 Å². The SMILES string of the molecule is CCC1CCCC(NC2CCN(C(=O)C3CC3)CC2)C1. The molecule has 0 radical (unpaired) electrons. The van der Waals surface area contributed by atoms with E-state index in [0.29, 0.717) is 17.9 Å². The molecule has 0 spiro atoms. The van der Waals surface area contributed by atoms with Crippen molar-refractivity contribution >= 4 is 5.91 Å². The Bertz CT molecular complexity index is 332. The van der Waals surface area contributed by atoms with Gasteiger partial charge in [-0.15, -0.1) is 0 Å². The van der Waals surface area contributed by atoms with Gasteiger partial charge in [-0.25, -0.2) is 0 Å². The Morgan fingerprint density at radius 3 is 2.45 bits per heavy atom. The number of amides is 1. The Morgan fingerprint density at radius 1 is 1.05 bits per heavy atom. The van der Waals surface area contributed by atoms with Gasteiger partial charge in [0.25, 0.3) is 0 Å². The maximum absolute atomic E-state index is 12.0. The maximum atomic E-state index is 12.0. The number of hydrogen-bond donors (Lipinski definition) is 1. The Balaban J connectivity index is 1.40. The highest BCUT2D eigenvalue weighted by atomic mass is 16.2. The van der Waals surface area contributed by atoms with Crippen LogP contribution in [0.2, 0.25) is 0 Å².